The van der Waals surface area contributed by atoms with E-state index in [9.17, 15) is 12.8 Å². The van der Waals surface area contributed by atoms with Crippen molar-refractivity contribution in [3.63, 3.8) is 0 Å². The summed E-state index contributed by atoms with van der Waals surface area (Å²) in [5, 5.41) is 0. The molecule has 0 aliphatic carbocycles. The molecule has 0 saturated carbocycles. The number of allylic oxidation sites excluding steroid dienone is 1. The molecule has 2 N–H and O–H groups in total. The van der Waals surface area contributed by atoms with Gasteiger partial charge < -0.3 is 5.73 Å². The normalized spacial score (nSPS) is 11.8. The minimum absolute atomic E-state index is 0.0777. The third-order valence-electron chi connectivity index (χ3n) is 2.89. The van der Waals surface area contributed by atoms with Crippen molar-refractivity contribution in [2.45, 2.75) is 24.7 Å². The summed E-state index contributed by atoms with van der Waals surface area (Å²) in [6.07, 6.45) is 3.12. The van der Waals surface area contributed by atoms with Crippen LogP contribution in [0.5, 0.6) is 0 Å². The van der Waals surface area contributed by atoms with E-state index < -0.39 is 15.8 Å². The molecule has 0 spiro atoms. The molecular weight excluding hydrogens is 267 g/mol. The number of benzene rings is 1. The molecule has 0 saturated heterocycles. The van der Waals surface area contributed by atoms with Gasteiger partial charge in [0, 0.05) is 24.8 Å². The van der Waals surface area contributed by atoms with E-state index in [1.165, 1.54) is 24.3 Å². The van der Waals surface area contributed by atoms with E-state index >= 15 is 0 Å². The number of nitrogen functional groups attached to an aromatic ring is 1. The second kappa shape index (κ2) is 6.16. The molecule has 19 heavy (non-hydrogen) atoms. The molecule has 0 aromatic heterocycles. The number of nitrogens with zero attached hydrogens (tertiary/aromatic N) is 1. The first kappa shape index (κ1) is 15.7. The van der Waals surface area contributed by atoms with Gasteiger partial charge in [-0.25, -0.2) is 17.1 Å². The molecule has 1 aromatic carbocycles. The number of anilines is 1. The molecule has 6 heteroatoms. The van der Waals surface area contributed by atoms with Gasteiger partial charge in [0.25, 0.3) is 0 Å². The zero-order chi connectivity index (χ0) is 14.6. The van der Waals surface area contributed by atoms with Crippen LogP contribution in [-0.4, -0.2) is 26.3 Å². The predicted octanol–water partition coefficient (Wildman–Crippen LogP) is 2.30. The Labute approximate surface area is 113 Å². The number of nitrogens with two attached hydrogens (primary N) is 1. The molecular formula is C13H19FN2O2S. The van der Waals surface area contributed by atoms with Crippen LogP contribution in [0.1, 0.15) is 18.4 Å². The fraction of sp³-hybridized carbons (Fsp3) is 0.385. The van der Waals surface area contributed by atoms with E-state index in [0.29, 0.717) is 13.0 Å². The predicted molar refractivity (Wildman–Crippen MR) is 74.8 cm³/mol. The van der Waals surface area contributed by atoms with Gasteiger partial charge in [0.15, 0.2) is 0 Å². The van der Waals surface area contributed by atoms with Crippen LogP contribution in [0.3, 0.4) is 0 Å². The Bertz CT molecular complexity index is 570. The van der Waals surface area contributed by atoms with Crippen LogP contribution >= 0.6 is 0 Å². The molecule has 0 radical (unpaired) electrons. The SMILES string of the molecule is C=CCCCN(C)S(=O)(=O)c1cc(N)cc(F)c1C. The van der Waals surface area contributed by atoms with Crippen LogP contribution in [0.25, 0.3) is 0 Å². The van der Waals surface area contributed by atoms with Gasteiger partial charge >= 0.3 is 0 Å². The van der Waals surface area contributed by atoms with Crippen LogP contribution in [0, 0.1) is 12.7 Å². The Balaban J connectivity index is 3.09. The zero-order valence-electron chi connectivity index (χ0n) is 11.2. The van der Waals surface area contributed by atoms with Crippen molar-refractivity contribution in [1.82, 2.24) is 4.31 Å². The Hall–Kier alpha value is -1.40. The van der Waals surface area contributed by atoms with Crippen LogP contribution in [0.15, 0.2) is 29.7 Å². The van der Waals surface area contributed by atoms with Gasteiger partial charge in [-0.15, -0.1) is 6.58 Å². The van der Waals surface area contributed by atoms with Crippen LogP contribution in [0.4, 0.5) is 10.1 Å². The number of rotatable bonds is 6. The lowest BCUT2D eigenvalue weighted by Crippen LogP contribution is -2.28. The zero-order valence-corrected chi connectivity index (χ0v) is 12.0. The summed E-state index contributed by atoms with van der Waals surface area (Å²) in [5.41, 5.74) is 5.70. The summed E-state index contributed by atoms with van der Waals surface area (Å²) in [5.74, 6) is -0.613. The average molecular weight is 286 g/mol. The molecule has 4 nitrogen and oxygen atoms in total. The summed E-state index contributed by atoms with van der Waals surface area (Å²) in [7, 11) is -2.24. The molecule has 1 aromatic rings. The maximum atomic E-state index is 13.6. The molecule has 0 aliphatic heterocycles. The van der Waals surface area contributed by atoms with Gasteiger partial charge in [-0.1, -0.05) is 6.08 Å². The number of sulfonamides is 1. The molecule has 0 aliphatic rings. The highest BCUT2D eigenvalue weighted by Gasteiger charge is 2.24. The minimum Gasteiger partial charge on any atom is -0.399 e. The largest absolute Gasteiger partial charge is 0.399 e. The smallest absolute Gasteiger partial charge is 0.243 e. The molecule has 0 unspecified atom stereocenters. The van der Waals surface area contributed by atoms with Crippen molar-refractivity contribution in [2.75, 3.05) is 19.3 Å². The number of unbranched alkanes of at least 4 members (excludes halogenated alkanes) is 1. The third kappa shape index (κ3) is 3.54. The third-order valence-corrected chi connectivity index (χ3v) is 4.87. The van der Waals surface area contributed by atoms with Crippen LogP contribution in [-0.2, 0) is 10.0 Å². The van der Waals surface area contributed by atoms with E-state index in [0.717, 1.165) is 12.5 Å². The Morgan fingerprint density at radius 3 is 2.68 bits per heavy atom. The van der Waals surface area contributed by atoms with Gasteiger partial charge in [0.05, 0.1) is 4.90 Å². The van der Waals surface area contributed by atoms with E-state index in [4.69, 9.17) is 5.73 Å². The first-order valence-electron chi connectivity index (χ1n) is 5.93. The molecule has 0 fully saturated rings. The van der Waals surface area contributed by atoms with Crippen molar-refractivity contribution in [2.24, 2.45) is 0 Å². The van der Waals surface area contributed by atoms with Gasteiger partial charge in [0.2, 0.25) is 10.0 Å². The monoisotopic (exact) mass is 286 g/mol. The van der Waals surface area contributed by atoms with Crippen LogP contribution < -0.4 is 5.73 Å². The maximum absolute atomic E-state index is 13.6. The second-order valence-corrected chi connectivity index (χ2v) is 6.40. The highest BCUT2D eigenvalue weighted by molar-refractivity contribution is 7.89. The second-order valence-electron chi connectivity index (χ2n) is 4.38. The maximum Gasteiger partial charge on any atom is 0.243 e. The summed E-state index contributed by atoms with van der Waals surface area (Å²) in [6, 6.07) is 2.41. The van der Waals surface area contributed by atoms with Gasteiger partial charge in [0.1, 0.15) is 5.82 Å². The first-order valence-corrected chi connectivity index (χ1v) is 7.37. The molecule has 0 atom stereocenters. The lowest BCUT2D eigenvalue weighted by molar-refractivity contribution is 0.461. The van der Waals surface area contributed by atoms with Gasteiger partial charge in [-0.2, -0.15) is 0 Å². The van der Waals surface area contributed by atoms with E-state index in [1.54, 1.807) is 6.08 Å². The van der Waals surface area contributed by atoms with Crippen molar-refractivity contribution in [3.8, 4) is 0 Å². The van der Waals surface area contributed by atoms with Crippen molar-refractivity contribution in [1.29, 1.82) is 0 Å². The summed E-state index contributed by atoms with van der Waals surface area (Å²) >= 11 is 0. The summed E-state index contributed by atoms with van der Waals surface area (Å²) < 4.78 is 39.4. The topological polar surface area (TPSA) is 63.4 Å². The average Bonchev–Trinajstić information content (AvgIpc) is 2.33. The van der Waals surface area contributed by atoms with Crippen LogP contribution in [0.2, 0.25) is 0 Å². The highest BCUT2D eigenvalue weighted by atomic mass is 32.2. The number of hydrogen-bond acceptors (Lipinski definition) is 3. The Morgan fingerprint density at radius 1 is 1.47 bits per heavy atom. The molecule has 106 valence electrons. The number of hydrogen-bond donors (Lipinski definition) is 1. The quantitative estimate of drug-likeness (QED) is 0.496. The molecule has 0 heterocycles. The summed E-state index contributed by atoms with van der Waals surface area (Å²) in [6.45, 7) is 5.36. The van der Waals surface area contributed by atoms with Crippen molar-refractivity contribution < 1.29 is 12.8 Å². The van der Waals surface area contributed by atoms with Crippen molar-refractivity contribution in [3.05, 3.63) is 36.2 Å². The standard InChI is InChI=1S/C13H19FN2O2S/c1-4-5-6-7-16(3)19(17,18)13-9-11(15)8-12(14)10(13)2/h4,8-9H,1,5-7,15H2,2-3H3. The minimum atomic E-state index is -3.72. The number of halogens is 1. The van der Waals surface area contributed by atoms with Gasteiger partial charge in [-0.3, -0.25) is 0 Å². The Morgan fingerprint density at radius 2 is 2.11 bits per heavy atom. The van der Waals surface area contributed by atoms with E-state index in [-0.39, 0.29) is 16.1 Å². The fourth-order valence-electron chi connectivity index (χ4n) is 1.69. The van der Waals surface area contributed by atoms with E-state index in [1.807, 2.05) is 0 Å². The van der Waals surface area contributed by atoms with E-state index in [2.05, 4.69) is 6.58 Å². The highest BCUT2D eigenvalue weighted by Crippen LogP contribution is 2.24. The van der Waals surface area contributed by atoms with Gasteiger partial charge in [-0.05, 0) is 31.9 Å². The fourth-order valence-corrected chi connectivity index (χ4v) is 3.16. The van der Waals surface area contributed by atoms with Crippen molar-refractivity contribution >= 4 is 15.7 Å². The molecule has 0 amide bonds. The lowest BCUT2D eigenvalue weighted by Gasteiger charge is -2.18. The molecule has 1 rings (SSSR count). The summed E-state index contributed by atoms with van der Waals surface area (Å²) in [4.78, 5) is -0.0777. The first-order chi connectivity index (χ1) is 8.80. The Kier molecular flexibility index (Phi) is 5.08. The molecule has 0 bridgehead atoms. The lowest BCUT2D eigenvalue weighted by atomic mass is 10.2.